The first-order valence-electron chi connectivity index (χ1n) is 5.28. The predicted molar refractivity (Wildman–Crippen MR) is 57.3 cm³/mol. The fourth-order valence-electron chi connectivity index (χ4n) is 1.87. The highest BCUT2D eigenvalue weighted by Crippen LogP contribution is 2.10. The third-order valence-corrected chi connectivity index (χ3v) is 2.77. The number of aromatic nitrogens is 2. The normalized spacial score (nSPS) is 22.2. The van der Waals surface area contributed by atoms with Crippen LogP contribution in [-0.4, -0.2) is 29.2 Å². The minimum atomic E-state index is 0.750. The summed E-state index contributed by atoms with van der Waals surface area (Å²) >= 11 is 0. The maximum atomic E-state index is 4.23. The number of nitrogens with zero attached hydrogens (tertiary/aromatic N) is 2. The monoisotopic (exact) mass is 194 g/mol. The van der Waals surface area contributed by atoms with Gasteiger partial charge in [-0.1, -0.05) is 0 Å². The van der Waals surface area contributed by atoms with Gasteiger partial charge in [0, 0.05) is 26.0 Å². The zero-order valence-electron chi connectivity index (χ0n) is 8.66. The van der Waals surface area contributed by atoms with E-state index in [-0.39, 0.29) is 0 Å². The number of hydrogen-bond donors (Lipinski definition) is 2. The number of hydrogen-bond acceptors (Lipinski definition) is 3. The molecule has 2 heterocycles. The van der Waals surface area contributed by atoms with Crippen LogP contribution in [0.4, 0.5) is 5.95 Å². The van der Waals surface area contributed by atoms with Crippen LogP contribution in [0.5, 0.6) is 0 Å². The SMILES string of the molecule is Cn1ccnc1NCC1CCCNC1. The maximum Gasteiger partial charge on any atom is 0.202 e. The summed E-state index contributed by atoms with van der Waals surface area (Å²) in [7, 11) is 2.01. The lowest BCUT2D eigenvalue weighted by atomic mass is 10.00. The minimum absolute atomic E-state index is 0.750. The molecular weight excluding hydrogens is 176 g/mol. The quantitative estimate of drug-likeness (QED) is 0.749. The summed E-state index contributed by atoms with van der Waals surface area (Å²) in [5.74, 6) is 1.72. The topological polar surface area (TPSA) is 41.9 Å². The van der Waals surface area contributed by atoms with Gasteiger partial charge in [0.2, 0.25) is 5.95 Å². The number of aryl methyl sites for hydroxylation is 1. The molecular formula is C10H18N4. The highest BCUT2D eigenvalue weighted by molar-refractivity contribution is 5.25. The Hall–Kier alpha value is -1.03. The number of piperidine rings is 1. The van der Waals surface area contributed by atoms with Gasteiger partial charge in [-0.15, -0.1) is 0 Å². The van der Waals surface area contributed by atoms with E-state index in [1.54, 1.807) is 0 Å². The molecule has 0 amide bonds. The molecule has 0 saturated carbocycles. The second-order valence-electron chi connectivity index (χ2n) is 3.96. The highest BCUT2D eigenvalue weighted by Gasteiger charge is 2.12. The lowest BCUT2D eigenvalue weighted by molar-refractivity contribution is 0.392. The molecule has 1 unspecified atom stereocenters. The molecule has 2 rings (SSSR count). The first-order chi connectivity index (χ1) is 6.86. The standard InChI is InChI=1S/C10H18N4/c1-14-6-5-12-10(14)13-8-9-3-2-4-11-7-9/h5-6,9,11H,2-4,7-8H2,1H3,(H,12,13). The molecule has 4 heteroatoms. The molecule has 1 saturated heterocycles. The van der Waals surface area contributed by atoms with E-state index in [0.29, 0.717) is 0 Å². The van der Waals surface area contributed by atoms with Crippen molar-refractivity contribution in [2.75, 3.05) is 25.0 Å². The maximum absolute atomic E-state index is 4.23. The Labute approximate surface area is 84.7 Å². The van der Waals surface area contributed by atoms with Gasteiger partial charge in [-0.3, -0.25) is 0 Å². The van der Waals surface area contributed by atoms with Gasteiger partial charge in [-0.25, -0.2) is 4.98 Å². The first kappa shape index (κ1) is 9.52. The Balaban J connectivity index is 1.79. The number of rotatable bonds is 3. The van der Waals surface area contributed by atoms with Crippen molar-refractivity contribution in [2.45, 2.75) is 12.8 Å². The molecule has 0 bridgehead atoms. The summed E-state index contributed by atoms with van der Waals surface area (Å²) < 4.78 is 2.01. The fourth-order valence-corrected chi connectivity index (χ4v) is 1.87. The van der Waals surface area contributed by atoms with Crippen molar-refractivity contribution in [3.05, 3.63) is 12.4 Å². The van der Waals surface area contributed by atoms with Crippen molar-refractivity contribution >= 4 is 5.95 Å². The van der Waals surface area contributed by atoms with Crippen LogP contribution in [0.2, 0.25) is 0 Å². The molecule has 14 heavy (non-hydrogen) atoms. The molecule has 1 aliphatic heterocycles. The van der Waals surface area contributed by atoms with Gasteiger partial charge in [0.25, 0.3) is 0 Å². The van der Waals surface area contributed by atoms with Crippen LogP contribution >= 0.6 is 0 Å². The van der Waals surface area contributed by atoms with E-state index in [2.05, 4.69) is 15.6 Å². The van der Waals surface area contributed by atoms with Crippen molar-refractivity contribution in [2.24, 2.45) is 13.0 Å². The minimum Gasteiger partial charge on any atom is -0.355 e. The number of imidazole rings is 1. The van der Waals surface area contributed by atoms with Crippen molar-refractivity contribution in [1.82, 2.24) is 14.9 Å². The largest absolute Gasteiger partial charge is 0.355 e. The molecule has 78 valence electrons. The highest BCUT2D eigenvalue weighted by atomic mass is 15.2. The van der Waals surface area contributed by atoms with Crippen molar-refractivity contribution < 1.29 is 0 Å². The van der Waals surface area contributed by atoms with Crippen molar-refractivity contribution in [3.8, 4) is 0 Å². The van der Waals surface area contributed by atoms with Crippen LogP contribution in [0.15, 0.2) is 12.4 Å². The third-order valence-electron chi connectivity index (χ3n) is 2.77. The van der Waals surface area contributed by atoms with Crippen molar-refractivity contribution in [3.63, 3.8) is 0 Å². The average molecular weight is 194 g/mol. The van der Waals surface area contributed by atoms with Crippen LogP contribution in [0.3, 0.4) is 0 Å². The van der Waals surface area contributed by atoms with Crippen LogP contribution in [0, 0.1) is 5.92 Å². The van der Waals surface area contributed by atoms with Gasteiger partial charge in [-0.05, 0) is 31.8 Å². The van der Waals surface area contributed by atoms with Gasteiger partial charge in [0.1, 0.15) is 0 Å². The molecule has 0 aromatic carbocycles. The van der Waals surface area contributed by atoms with Gasteiger partial charge >= 0.3 is 0 Å². The van der Waals surface area contributed by atoms with E-state index in [9.17, 15) is 0 Å². The van der Waals surface area contributed by atoms with Crippen LogP contribution in [0.25, 0.3) is 0 Å². The lowest BCUT2D eigenvalue weighted by Gasteiger charge is -2.23. The van der Waals surface area contributed by atoms with E-state index >= 15 is 0 Å². The summed E-state index contributed by atoms with van der Waals surface area (Å²) in [5, 5.41) is 6.79. The fraction of sp³-hybridized carbons (Fsp3) is 0.700. The molecule has 1 aromatic rings. The molecule has 1 atom stereocenters. The predicted octanol–water partition coefficient (Wildman–Crippen LogP) is 0.832. The van der Waals surface area contributed by atoms with Gasteiger partial charge in [0.15, 0.2) is 0 Å². The summed E-state index contributed by atoms with van der Waals surface area (Å²) in [6.45, 7) is 3.34. The second-order valence-corrected chi connectivity index (χ2v) is 3.96. The van der Waals surface area contributed by atoms with E-state index in [1.165, 1.54) is 19.4 Å². The molecule has 2 N–H and O–H groups in total. The average Bonchev–Trinajstić information content (AvgIpc) is 2.63. The Morgan fingerprint density at radius 3 is 3.29 bits per heavy atom. The van der Waals surface area contributed by atoms with Gasteiger partial charge in [0.05, 0.1) is 0 Å². The summed E-state index contributed by atoms with van der Waals surface area (Å²) in [5.41, 5.74) is 0. The summed E-state index contributed by atoms with van der Waals surface area (Å²) in [6, 6.07) is 0. The molecule has 0 aliphatic carbocycles. The Morgan fingerprint density at radius 1 is 1.71 bits per heavy atom. The number of nitrogens with one attached hydrogen (secondary N) is 2. The van der Waals surface area contributed by atoms with Crippen LogP contribution in [-0.2, 0) is 7.05 Å². The molecule has 4 nitrogen and oxygen atoms in total. The van der Waals surface area contributed by atoms with Gasteiger partial charge < -0.3 is 15.2 Å². The third kappa shape index (κ3) is 2.26. The lowest BCUT2D eigenvalue weighted by Crippen LogP contribution is -2.33. The first-order valence-corrected chi connectivity index (χ1v) is 5.28. The molecule has 1 fully saturated rings. The van der Waals surface area contributed by atoms with Gasteiger partial charge in [-0.2, -0.15) is 0 Å². The Kier molecular flexibility index (Phi) is 3.03. The zero-order valence-corrected chi connectivity index (χ0v) is 8.66. The number of anilines is 1. The van der Waals surface area contributed by atoms with E-state index in [4.69, 9.17) is 0 Å². The zero-order chi connectivity index (χ0) is 9.80. The van der Waals surface area contributed by atoms with E-state index in [0.717, 1.165) is 25.0 Å². The van der Waals surface area contributed by atoms with E-state index < -0.39 is 0 Å². The van der Waals surface area contributed by atoms with Crippen LogP contribution < -0.4 is 10.6 Å². The Bertz CT molecular complexity index is 275. The smallest absolute Gasteiger partial charge is 0.202 e. The van der Waals surface area contributed by atoms with E-state index in [1.807, 2.05) is 24.0 Å². The molecule has 0 radical (unpaired) electrons. The molecule has 1 aliphatic rings. The molecule has 0 spiro atoms. The second kappa shape index (κ2) is 4.46. The summed E-state index contributed by atoms with van der Waals surface area (Å²) in [6.07, 6.45) is 6.40. The van der Waals surface area contributed by atoms with Crippen molar-refractivity contribution in [1.29, 1.82) is 0 Å². The van der Waals surface area contributed by atoms with Crippen LogP contribution in [0.1, 0.15) is 12.8 Å². The summed E-state index contributed by atoms with van der Waals surface area (Å²) in [4.78, 5) is 4.23. The Morgan fingerprint density at radius 2 is 2.64 bits per heavy atom. The molecule has 1 aromatic heterocycles.